The predicted octanol–water partition coefficient (Wildman–Crippen LogP) is 4.60. The van der Waals surface area contributed by atoms with Gasteiger partial charge in [-0.15, -0.1) is 0 Å². The molecule has 4 rings (SSSR count). The summed E-state index contributed by atoms with van der Waals surface area (Å²) in [6.45, 7) is 1.55. The molecule has 0 bridgehead atoms. The Bertz CT molecular complexity index is 1360. The van der Waals surface area contributed by atoms with Crippen molar-refractivity contribution in [3.05, 3.63) is 54.4 Å². The fraction of sp³-hybridized carbons (Fsp3) is 0.200. The van der Waals surface area contributed by atoms with E-state index in [-0.39, 0.29) is 22.0 Å². The van der Waals surface area contributed by atoms with Gasteiger partial charge in [-0.05, 0) is 17.5 Å². The highest BCUT2D eigenvalue weighted by Crippen LogP contribution is 2.36. The number of hydrogen-bond donors (Lipinski definition) is 0. The summed E-state index contributed by atoms with van der Waals surface area (Å²) in [7, 11) is -2.02. The van der Waals surface area contributed by atoms with Crippen molar-refractivity contribution in [2.45, 2.75) is 18.0 Å². The maximum Gasteiger partial charge on any atom is 0.433 e. The molecule has 0 saturated heterocycles. The van der Waals surface area contributed by atoms with Crippen molar-refractivity contribution in [3.8, 4) is 11.4 Å². The number of rotatable bonds is 3. The first-order chi connectivity index (χ1) is 13.6. The van der Waals surface area contributed by atoms with Crippen LogP contribution in [0.3, 0.4) is 0 Å². The van der Waals surface area contributed by atoms with Crippen LogP contribution in [0.5, 0.6) is 0 Å². The monoisotopic (exact) mass is 419 g/mol. The van der Waals surface area contributed by atoms with Gasteiger partial charge < -0.3 is 4.57 Å². The first-order valence-electron chi connectivity index (χ1n) is 8.78. The molecule has 9 heteroatoms. The van der Waals surface area contributed by atoms with E-state index in [9.17, 15) is 21.6 Å². The third-order valence-electron chi connectivity index (χ3n) is 4.87. The number of imidazole rings is 1. The minimum atomic E-state index is -4.59. The zero-order valence-electron chi connectivity index (χ0n) is 15.5. The largest absolute Gasteiger partial charge is 0.433 e. The summed E-state index contributed by atoms with van der Waals surface area (Å²) in [5.41, 5.74) is -0.230. The van der Waals surface area contributed by atoms with Crippen LogP contribution in [0.2, 0.25) is 0 Å². The lowest BCUT2D eigenvalue weighted by atomic mass is 10.1. The van der Waals surface area contributed by atoms with Crippen LogP contribution in [-0.2, 0) is 23.1 Å². The van der Waals surface area contributed by atoms with Crippen molar-refractivity contribution in [2.24, 2.45) is 7.05 Å². The average Bonchev–Trinajstić information content (AvgIpc) is 3.02. The van der Waals surface area contributed by atoms with Gasteiger partial charge in [-0.1, -0.05) is 37.3 Å². The quantitative estimate of drug-likeness (QED) is 0.487. The van der Waals surface area contributed by atoms with Crippen LogP contribution < -0.4 is 0 Å². The number of aromatic nitrogens is 3. The lowest BCUT2D eigenvalue weighted by Gasteiger charge is -2.13. The SMILES string of the molecule is CCS(=O)(=O)c1c(-c2nc3cc(C(F)(F)F)ncc3n2C)ccc2ccccc12. The van der Waals surface area contributed by atoms with Gasteiger partial charge in [-0.2, -0.15) is 13.2 Å². The Morgan fingerprint density at radius 2 is 1.83 bits per heavy atom. The van der Waals surface area contributed by atoms with Crippen molar-refractivity contribution in [1.82, 2.24) is 14.5 Å². The molecule has 0 radical (unpaired) electrons. The van der Waals surface area contributed by atoms with Crippen molar-refractivity contribution < 1.29 is 21.6 Å². The highest BCUT2D eigenvalue weighted by atomic mass is 32.2. The Kier molecular flexibility index (Phi) is 4.38. The molecular weight excluding hydrogens is 403 g/mol. The predicted molar refractivity (Wildman–Crippen MR) is 104 cm³/mol. The molecule has 150 valence electrons. The third kappa shape index (κ3) is 3.15. The maximum absolute atomic E-state index is 13.0. The molecule has 0 aliphatic heterocycles. The van der Waals surface area contributed by atoms with Gasteiger partial charge in [-0.3, -0.25) is 0 Å². The number of pyridine rings is 1. The Labute approximate surface area is 164 Å². The molecular formula is C20H16F3N3O2S. The number of fused-ring (bicyclic) bond motifs is 2. The van der Waals surface area contributed by atoms with E-state index in [1.807, 2.05) is 12.1 Å². The summed E-state index contributed by atoms with van der Waals surface area (Å²) < 4.78 is 66.4. The zero-order chi connectivity index (χ0) is 21.0. The standard InChI is InChI=1S/C20H16F3N3O2S/c1-3-29(27,28)18-13-7-5-4-6-12(13)8-9-14(18)19-25-15-10-17(20(21,22)23)24-11-16(15)26(19)2/h4-11H,3H2,1-2H3. The van der Waals surface area contributed by atoms with Gasteiger partial charge in [-0.25, -0.2) is 18.4 Å². The normalized spacial score (nSPS) is 12.7. The van der Waals surface area contributed by atoms with Gasteiger partial charge in [0.05, 0.1) is 27.9 Å². The van der Waals surface area contributed by atoms with Crippen molar-refractivity contribution >= 4 is 31.6 Å². The average molecular weight is 419 g/mol. The van der Waals surface area contributed by atoms with Crippen LogP contribution in [0.25, 0.3) is 33.2 Å². The van der Waals surface area contributed by atoms with E-state index in [1.54, 1.807) is 42.8 Å². The molecule has 0 N–H and O–H groups in total. The summed E-state index contributed by atoms with van der Waals surface area (Å²) in [5.74, 6) is 0.150. The number of benzene rings is 2. The number of hydrogen-bond acceptors (Lipinski definition) is 4. The Hall–Kier alpha value is -2.94. The Morgan fingerprint density at radius 3 is 2.52 bits per heavy atom. The maximum atomic E-state index is 13.0. The number of sulfone groups is 1. The minimum Gasteiger partial charge on any atom is -0.326 e. The van der Waals surface area contributed by atoms with Crippen molar-refractivity contribution in [1.29, 1.82) is 0 Å². The molecule has 4 aromatic rings. The van der Waals surface area contributed by atoms with Crippen molar-refractivity contribution in [2.75, 3.05) is 5.75 Å². The van der Waals surface area contributed by atoms with Gasteiger partial charge in [0.15, 0.2) is 9.84 Å². The van der Waals surface area contributed by atoms with Crippen LogP contribution in [-0.4, -0.2) is 28.7 Å². The summed E-state index contributed by atoms with van der Waals surface area (Å²) in [6.07, 6.45) is -3.49. The molecule has 0 atom stereocenters. The highest BCUT2D eigenvalue weighted by Gasteiger charge is 2.33. The van der Waals surface area contributed by atoms with E-state index < -0.39 is 21.7 Å². The second kappa shape index (κ2) is 6.55. The minimum absolute atomic E-state index is 0.0952. The second-order valence-corrected chi connectivity index (χ2v) is 8.83. The van der Waals surface area contributed by atoms with Gasteiger partial charge in [0.2, 0.25) is 0 Å². The first kappa shape index (κ1) is 19.4. The fourth-order valence-electron chi connectivity index (χ4n) is 3.38. The van der Waals surface area contributed by atoms with Crippen LogP contribution in [0.4, 0.5) is 13.2 Å². The highest BCUT2D eigenvalue weighted by molar-refractivity contribution is 7.91. The number of alkyl halides is 3. The lowest BCUT2D eigenvalue weighted by Crippen LogP contribution is -2.08. The van der Waals surface area contributed by atoms with Crippen LogP contribution in [0.1, 0.15) is 12.6 Å². The fourth-order valence-corrected chi connectivity index (χ4v) is 4.69. The molecule has 0 fully saturated rings. The number of halogens is 3. The van der Waals surface area contributed by atoms with E-state index in [1.165, 1.54) is 0 Å². The third-order valence-corrected chi connectivity index (χ3v) is 6.69. The van der Waals surface area contributed by atoms with Gasteiger partial charge >= 0.3 is 6.18 Å². The van der Waals surface area contributed by atoms with Crippen LogP contribution >= 0.6 is 0 Å². The summed E-state index contributed by atoms with van der Waals surface area (Å²) in [5, 5.41) is 1.30. The van der Waals surface area contributed by atoms with E-state index in [0.29, 0.717) is 16.5 Å². The first-order valence-corrected chi connectivity index (χ1v) is 10.4. The molecule has 0 aliphatic rings. The molecule has 0 saturated carbocycles. The lowest BCUT2D eigenvalue weighted by molar-refractivity contribution is -0.141. The van der Waals surface area contributed by atoms with E-state index in [2.05, 4.69) is 9.97 Å². The summed E-state index contributed by atoms with van der Waals surface area (Å²) >= 11 is 0. The summed E-state index contributed by atoms with van der Waals surface area (Å²) in [4.78, 5) is 7.94. The van der Waals surface area contributed by atoms with Crippen LogP contribution in [0.15, 0.2) is 53.6 Å². The molecule has 0 aliphatic carbocycles. The molecule has 5 nitrogen and oxygen atoms in total. The molecule has 0 spiro atoms. The van der Waals surface area contributed by atoms with Crippen molar-refractivity contribution in [3.63, 3.8) is 0 Å². The molecule has 2 heterocycles. The number of aryl methyl sites for hydroxylation is 1. The molecule has 2 aromatic carbocycles. The zero-order valence-corrected chi connectivity index (χ0v) is 16.3. The molecule has 0 unspecified atom stereocenters. The topological polar surface area (TPSA) is 64.8 Å². The smallest absolute Gasteiger partial charge is 0.326 e. The van der Waals surface area contributed by atoms with E-state index in [4.69, 9.17) is 0 Å². The van der Waals surface area contributed by atoms with Gasteiger partial charge in [0.25, 0.3) is 0 Å². The Balaban J connectivity index is 2.06. The van der Waals surface area contributed by atoms with E-state index >= 15 is 0 Å². The van der Waals surface area contributed by atoms with Crippen LogP contribution in [0, 0.1) is 0 Å². The molecule has 0 amide bonds. The molecule has 2 aromatic heterocycles. The van der Waals surface area contributed by atoms with Gasteiger partial charge in [0, 0.05) is 18.0 Å². The molecule has 29 heavy (non-hydrogen) atoms. The van der Waals surface area contributed by atoms with E-state index in [0.717, 1.165) is 17.6 Å². The Morgan fingerprint density at radius 1 is 1.10 bits per heavy atom. The summed E-state index contributed by atoms with van der Waals surface area (Å²) in [6, 6.07) is 11.4. The number of nitrogens with zero attached hydrogens (tertiary/aromatic N) is 3. The van der Waals surface area contributed by atoms with Gasteiger partial charge in [0.1, 0.15) is 11.5 Å². The second-order valence-electron chi connectivity index (χ2n) is 6.62.